The number of aryl methyl sites for hydroxylation is 1. The lowest BCUT2D eigenvalue weighted by molar-refractivity contribution is -0.136. The van der Waals surface area contributed by atoms with Gasteiger partial charge in [0.05, 0.1) is 17.8 Å². The number of hydrogen-bond acceptors (Lipinski definition) is 3. The van der Waals surface area contributed by atoms with Gasteiger partial charge in [0, 0.05) is 24.8 Å². The van der Waals surface area contributed by atoms with Crippen molar-refractivity contribution in [1.29, 1.82) is 0 Å². The van der Waals surface area contributed by atoms with E-state index in [1.807, 2.05) is 48.1 Å². The zero-order valence-electron chi connectivity index (χ0n) is 10.8. The summed E-state index contributed by atoms with van der Waals surface area (Å²) in [6.07, 6.45) is 2.10. The summed E-state index contributed by atoms with van der Waals surface area (Å²) in [6.45, 7) is 3.05. The van der Waals surface area contributed by atoms with Gasteiger partial charge in [-0.15, -0.1) is 0 Å². The van der Waals surface area contributed by atoms with Crippen molar-refractivity contribution in [3.8, 4) is 5.69 Å². The van der Waals surface area contributed by atoms with Gasteiger partial charge >= 0.3 is 5.97 Å². The van der Waals surface area contributed by atoms with Crippen molar-refractivity contribution in [2.45, 2.75) is 19.9 Å². The predicted molar refractivity (Wildman–Crippen MR) is 72.3 cm³/mol. The lowest BCUT2D eigenvalue weighted by atomic mass is 10.2. The molecule has 2 rings (SSSR count). The maximum atomic E-state index is 10.4. The highest BCUT2D eigenvalue weighted by molar-refractivity contribution is 5.66. The number of carboxylic acids is 1. The Morgan fingerprint density at radius 3 is 2.79 bits per heavy atom. The summed E-state index contributed by atoms with van der Waals surface area (Å²) in [5.41, 5.74) is 3.04. The first kappa shape index (κ1) is 13.3. The molecule has 0 aliphatic rings. The second-order valence-corrected chi connectivity index (χ2v) is 4.34. The predicted octanol–water partition coefficient (Wildman–Crippen LogP) is 1.75. The number of carboxylic acid groups (broad SMARTS) is 1. The van der Waals surface area contributed by atoms with Gasteiger partial charge in [-0.25, -0.2) is 4.68 Å². The second-order valence-electron chi connectivity index (χ2n) is 4.34. The third kappa shape index (κ3) is 3.66. The van der Waals surface area contributed by atoms with E-state index in [0.717, 1.165) is 16.9 Å². The number of aliphatic carboxylic acids is 1. The Kier molecular flexibility index (Phi) is 4.30. The minimum Gasteiger partial charge on any atom is -0.481 e. The lowest BCUT2D eigenvalue weighted by Crippen LogP contribution is -2.17. The zero-order valence-corrected chi connectivity index (χ0v) is 10.8. The van der Waals surface area contributed by atoms with Gasteiger partial charge in [-0.1, -0.05) is 18.2 Å². The summed E-state index contributed by atoms with van der Waals surface area (Å²) in [4.78, 5) is 10.4. The minimum atomic E-state index is -0.788. The highest BCUT2D eigenvalue weighted by Crippen LogP contribution is 2.11. The van der Waals surface area contributed by atoms with Gasteiger partial charge in [0.2, 0.25) is 0 Å². The monoisotopic (exact) mass is 259 g/mol. The van der Waals surface area contributed by atoms with E-state index in [0.29, 0.717) is 13.1 Å². The van der Waals surface area contributed by atoms with Gasteiger partial charge in [-0.3, -0.25) is 4.79 Å². The Morgan fingerprint density at radius 2 is 2.11 bits per heavy atom. The number of rotatable bonds is 6. The fourth-order valence-corrected chi connectivity index (χ4v) is 1.80. The number of hydrogen-bond donors (Lipinski definition) is 2. The van der Waals surface area contributed by atoms with Crippen molar-refractivity contribution in [2.24, 2.45) is 0 Å². The fraction of sp³-hybridized carbons (Fsp3) is 0.286. The maximum absolute atomic E-state index is 10.4. The molecule has 0 aliphatic carbocycles. The van der Waals surface area contributed by atoms with Crippen molar-refractivity contribution < 1.29 is 9.90 Å². The molecule has 2 aromatic rings. The fourth-order valence-electron chi connectivity index (χ4n) is 1.80. The van der Waals surface area contributed by atoms with E-state index >= 15 is 0 Å². The van der Waals surface area contributed by atoms with E-state index in [-0.39, 0.29) is 6.42 Å². The van der Waals surface area contributed by atoms with Crippen LogP contribution >= 0.6 is 0 Å². The smallest absolute Gasteiger partial charge is 0.304 e. The lowest BCUT2D eigenvalue weighted by Gasteiger charge is -2.01. The molecule has 19 heavy (non-hydrogen) atoms. The van der Waals surface area contributed by atoms with E-state index in [1.165, 1.54) is 0 Å². The van der Waals surface area contributed by atoms with Crippen LogP contribution in [0.4, 0.5) is 0 Å². The summed E-state index contributed by atoms with van der Waals surface area (Å²) >= 11 is 0. The average Bonchev–Trinajstić information content (AvgIpc) is 2.77. The SMILES string of the molecule is Cc1nn(-c2ccccc2)cc1CNCCC(=O)O. The van der Waals surface area contributed by atoms with Crippen LogP contribution in [0.15, 0.2) is 36.5 Å². The summed E-state index contributed by atoms with van der Waals surface area (Å²) in [7, 11) is 0. The number of nitrogens with one attached hydrogen (secondary N) is 1. The molecule has 0 unspecified atom stereocenters. The van der Waals surface area contributed by atoms with Crippen molar-refractivity contribution in [3.63, 3.8) is 0 Å². The number of aromatic nitrogens is 2. The molecule has 0 atom stereocenters. The summed E-state index contributed by atoms with van der Waals surface area (Å²) < 4.78 is 1.84. The second kappa shape index (κ2) is 6.15. The molecule has 1 aromatic carbocycles. The Hall–Kier alpha value is -2.14. The van der Waals surface area contributed by atoms with Gasteiger partial charge in [0.25, 0.3) is 0 Å². The van der Waals surface area contributed by atoms with Crippen molar-refractivity contribution in [1.82, 2.24) is 15.1 Å². The molecule has 0 spiro atoms. The molecule has 0 fully saturated rings. The molecule has 0 saturated carbocycles. The van der Waals surface area contributed by atoms with Crippen LogP contribution in [-0.2, 0) is 11.3 Å². The van der Waals surface area contributed by atoms with Crippen LogP contribution in [0.1, 0.15) is 17.7 Å². The summed E-state index contributed by atoms with van der Waals surface area (Å²) in [5.74, 6) is -0.788. The van der Waals surface area contributed by atoms with Crippen molar-refractivity contribution in [3.05, 3.63) is 47.8 Å². The largest absolute Gasteiger partial charge is 0.481 e. The van der Waals surface area contributed by atoms with E-state index in [2.05, 4.69) is 10.4 Å². The van der Waals surface area contributed by atoms with Crippen molar-refractivity contribution >= 4 is 5.97 Å². The van der Waals surface area contributed by atoms with Crippen LogP contribution in [0.3, 0.4) is 0 Å². The molecular weight excluding hydrogens is 242 g/mol. The van der Waals surface area contributed by atoms with Crippen LogP contribution in [0.2, 0.25) is 0 Å². The number of carbonyl (C=O) groups is 1. The van der Waals surface area contributed by atoms with Crippen LogP contribution in [0.5, 0.6) is 0 Å². The zero-order chi connectivity index (χ0) is 13.7. The van der Waals surface area contributed by atoms with Crippen molar-refractivity contribution in [2.75, 3.05) is 6.54 Å². The van der Waals surface area contributed by atoms with Gasteiger partial charge in [-0.05, 0) is 19.1 Å². The number of para-hydroxylation sites is 1. The Morgan fingerprint density at radius 1 is 1.37 bits per heavy atom. The summed E-state index contributed by atoms with van der Waals surface area (Å²) in [5, 5.41) is 16.1. The Bertz CT molecular complexity index is 549. The van der Waals surface area contributed by atoms with E-state index in [4.69, 9.17) is 5.11 Å². The van der Waals surface area contributed by atoms with Gasteiger partial charge in [-0.2, -0.15) is 5.10 Å². The summed E-state index contributed by atoms with van der Waals surface area (Å²) in [6, 6.07) is 9.89. The Labute approximate surface area is 111 Å². The van der Waals surface area contributed by atoms with Gasteiger partial charge in [0.15, 0.2) is 0 Å². The highest BCUT2D eigenvalue weighted by atomic mass is 16.4. The van der Waals surface area contributed by atoms with Crippen LogP contribution < -0.4 is 5.32 Å². The number of nitrogens with zero attached hydrogens (tertiary/aromatic N) is 2. The minimum absolute atomic E-state index is 0.131. The highest BCUT2D eigenvalue weighted by Gasteiger charge is 2.06. The topological polar surface area (TPSA) is 67.2 Å². The molecule has 2 N–H and O–H groups in total. The maximum Gasteiger partial charge on any atom is 0.304 e. The first-order valence-electron chi connectivity index (χ1n) is 6.20. The molecule has 0 saturated heterocycles. The third-order valence-corrected chi connectivity index (χ3v) is 2.85. The van der Waals surface area contributed by atoms with Crippen LogP contribution in [-0.4, -0.2) is 27.4 Å². The Balaban J connectivity index is 1.99. The van der Waals surface area contributed by atoms with E-state index < -0.39 is 5.97 Å². The molecular formula is C14H17N3O2. The van der Waals surface area contributed by atoms with Gasteiger partial charge < -0.3 is 10.4 Å². The van der Waals surface area contributed by atoms with E-state index in [1.54, 1.807) is 0 Å². The molecule has 0 amide bonds. The van der Waals surface area contributed by atoms with Crippen LogP contribution in [0, 0.1) is 6.92 Å². The molecule has 0 aliphatic heterocycles. The molecule has 0 radical (unpaired) electrons. The molecule has 5 nitrogen and oxygen atoms in total. The quantitative estimate of drug-likeness (QED) is 0.775. The number of benzene rings is 1. The first-order chi connectivity index (χ1) is 9.16. The molecule has 0 bridgehead atoms. The molecule has 1 heterocycles. The molecule has 1 aromatic heterocycles. The normalized spacial score (nSPS) is 10.6. The van der Waals surface area contributed by atoms with Gasteiger partial charge in [0.1, 0.15) is 0 Å². The standard InChI is InChI=1S/C14H17N3O2/c1-11-12(9-15-8-7-14(18)19)10-17(16-11)13-5-3-2-4-6-13/h2-6,10,15H,7-9H2,1H3,(H,18,19). The molecule has 100 valence electrons. The first-order valence-corrected chi connectivity index (χ1v) is 6.20. The molecule has 5 heteroatoms. The van der Waals surface area contributed by atoms with Crippen LogP contribution in [0.25, 0.3) is 5.69 Å². The average molecular weight is 259 g/mol. The van der Waals surface area contributed by atoms with E-state index in [9.17, 15) is 4.79 Å². The third-order valence-electron chi connectivity index (χ3n) is 2.85.